The van der Waals surface area contributed by atoms with E-state index in [0.29, 0.717) is 11.6 Å². The van der Waals surface area contributed by atoms with Crippen LogP contribution in [0.5, 0.6) is 0 Å². The Kier molecular flexibility index (Phi) is 5.01. The zero-order valence-corrected chi connectivity index (χ0v) is 14.5. The minimum absolute atomic E-state index is 0.0764. The van der Waals surface area contributed by atoms with Crippen LogP contribution < -0.4 is 0 Å². The average Bonchev–Trinajstić information content (AvgIpc) is 2.90. The highest BCUT2D eigenvalue weighted by Crippen LogP contribution is 2.35. The Bertz CT molecular complexity index is 881. The fourth-order valence-corrected chi connectivity index (χ4v) is 3.15. The summed E-state index contributed by atoms with van der Waals surface area (Å²) in [5.41, 5.74) is 0.199. The molecule has 0 unspecified atom stereocenters. The topological polar surface area (TPSA) is 43.6 Å². The number of aromatic nitrogens is 4. The minimum Gasteiger partial charge on any atom is -0.309 e. The Hall–Kier alpha value is -2.06. The Labute approximate surface area is 151 Å². The van der Waals surface area contributed by atoms with E-state index in [2.05, 4.69) is 15.2 Å². The first kappa shape index (κ1) is 17.8. The number of halogens is 4. The zero-order valence-electron chi connectivity index (χ0n) is 13.0. The van der Waals surface area contributed by atoms with Gasteiger partial charge in [-0.3, -0.25) is 0 Å². The van der Waals surface area contributed by atoms with Crippen LogP contribution in [0.3, 0.4) is 0 Å². The predicted molar refractivity (Wildman–Crippen MR) is 88.6 cm³/mol. The van der Waals surface area contributed by atoms with Crippen LogP contribution in [0.1, 0.15) is 17.0 Å². The molecule has 0 N–H and O–H groups in total. The van der Waals surface area contributed by atoms with Gasteiger partial charge in [0.15, 0.2) is 5.16 Å². The summed E-state index contributed by atoms with van der Waals surface area (Å²) in [6, 6.07) is 10.6. The van der Waals surface area contributed by atoms with Crippen LogP contribution in [0.15, 0.2) is 52.8 Å². The maximum atomic E-state index is 12.7. The lowest BCUT2D eigenvalue weighted by atomic mass is 10.1. The number of hydrogen-bond acceptors (Lipinski definition) is 4. The van der Waals surface area contributed by atoms with Crippen LogP contribution >= 0.6 is 23.4 Å². The van der Waals surface area contributed by atoms with Crippen molar-refractivity contribution >= 4 is 23.4 Å². The summed E-state index contributed by atoms with van der Waals surface area (Å²) in [5.74, 6) is 0.733. The molecule has 0 aliphatic heterocycles. The van der Waals surface area contributed by atoms with E-state index in [1.165, 1.54) is 0 Å². The van der Waals surface area contributed by atoms with Gasteiger partial charge < -0.3 is 4.57 Å². The lowest BCUT2D eigenvalue weighted by Gasteiger charge is -2.08. The standard InChI is InChI=1S/C16H12ClF3N4S/c1-24-13(7-10-5-3-2-4-6-10)22-23-15(24)25-14-12(17)8-11(9-21-14)16(18,19)20/h2-6,8-9H,7H2,1H3. The van der Waals surface area contributed by atoms with E-state index < -0.39 is 11.7 Å². The summed E-state index contributed by atoms with van der Waals surface area (Å²) < 4.78 is 39.8. The molecule has 2 aromatic heterocycles. The third kappa shape index (κ3) is 4.13. The second kappa shape index (κ2) is 7.05. The van der Waals surface area contributed by atoms with Crippen LogP contribution in [0.2, 0.25) is 5.02 Å². The highest BCUT2D eigenvalue weighted by molar-refractivity contribution is 7.99. The SMILES string of the molecule is Cn1c(Cc2ccccc2)nnc1Sc1ncc(C(F)(F)F)cc1Cl. The second-order valence-electron chi connectivity index (χ2n) is 5.23. The molecule has 3 rings (SSSR count). The van der Waals surface area contributed by atoms with Crippen molar-refractivity contribution in [1.29, 1.82) is 0 Å². The van der Waals surface area contributed by atoms with Crippen molar-refractivity contribution in [2.45, 2.75) is 22.8 Å². The molecule has 4 nitrogen and oxygen atoms in total. The molecule has 3 aromatic rings. The molecule has 0 aliphatic carbocycles. The number of hydrogen-bond donors (Lipinski definition) is 0. The molecule has 1 aromatic carbocycles. The van der Waals surface area contributed by atoms with Gasteiger partial charge in [0.25, 0.3) is 0 Å². The molecule has 0 aliphatic rings. The smallest absolute Gasteiger partial charge is 0.309 e. The molecule has 0 atom stereocenters. The van der Waals surface area contributed by atoms with Crippen molar-refractivity contribution in [2.24, 2.45) is 7.05 Å². The highest BCUT2D eigenvalue weighted by Gasteiger charge is 2.31. The molecular formula is C16H12ClF3N4S. The van der Waals surface area contributed by atoms with Gasteiger partial charge in [0.05, 0.1) is 10.6 Å². The quantitative estimate of drug-likeness (QED) is 0.658. The second-order valence-corrected chi connectivity index (χ2v) is 6.59. The number of alkyl halides is 3. The summed E-state index contributed by atoms with van der Waals surface area (Å²) >= 11 is 7.00. The van der Waals surface area contributed by atoms with Crippen LogP contribution in [0.4, 0.5) is 13.2 Å². The van der Waals surface area contributed by atoms with Crippen molar-refractivity contribution in [3.63, 3.8) is 0 Å². The Morgan fingerprint density at radius 2 is 1.88 bits per heavy atom. The molecule has 0 radical (unpaired) electrons. The third-order valence-electron chi connectivity index (χ3n) is 3.45. The lowest BCUT2D eigenvalue weighted by molar-refractivity contribution is -0.137. The van der Waals surface area contributed by atoms with Gasteiger partial charge in [-0.2, -0.15) is 13.2 Å². The number of pyridine rings is 1. The van der Waals surface area contributed by atoms with Crippen LogP contribution in [0.25, 0.3) is 0 Å². The van der Waals surface area contributed by atoms with Crippen molar-refractivity contribution in [3.8, 4) is 0 Å². The summed E-state index contributed by atoms with van der Waals surface area (Å²) in [5, 5.41) is 8.88. The largest absolute Gasteiger partial charge is 0.417 e. The summed E-state index contributed by atoms with van der Waals surface area (Å²) in [7, 11) is 1.79. The third-order valence-corrected chi connectivity index (χ3v) is 4.91. The maximum absolute atomic E-state index is 12.7. The first-order valence-corrected chi connectivity index (χ1v) is 8.37. The molecule has 25 heavy (non-hydrogen) atoms. The summed E-state index contributed by atoms with van der Waals surface area (Å²) in [6.45, 7) is 0. The minimum atomic E-state index is -4.48. The van der Waals surface area contributed by atoms with E-state index in [4.69, 9.17) is 11.6 Å². The Morgan fingerprint density at radius 3 is 2.52 bits per heavy atom. The van der Waals surface area contributed by atoms with Crippen LogP contribution in [-0.2, 0) is 19.6 Å². The lowest BCUT2D eigenvalue weighted by Crippen LogP contribution is -2.06. The number of benzene rings is 1. The van der Waals surface area contributed by atoms with E-state index in [0.717, 1.165) is 35.4 Å². The molecule has 130 valence electrons. The summed E-state index contributed by atoms with van der Waals surface area (Å²) in [4.78, 5) is 3.80. The van der Waals surface area contributed by atoms with Crippen molar-refractivity contribution < 1.29 is 13.2 Å². The number of rotatable bonds is 4. The van der Waals surface area contributed by atoms with Crippen molar-refractivity contribution in [2.75, 3.05) is 0 Å². The van der Waals surface area contributed by atoms with Gasteiger partial charge in [-0.1, -0.05) is 41.9 Å². The Balaban J connectivity index is 1.80. The van der Waals surface area contributed by atoms with Crippen LogP contribution in [-0.4, -0.2) is 19.7 Å². The van der Waals surface area contributed by atoms with E-state index in [9.17, 15) is 13.2 Å². The van der Waals surface area contributed by atoms with E-state index in [-0.39, 0.29) is 10.0 Å². The van der Waals surface area contributed by atoms with E-state index in [1.807, 2.05) is 30.3 Å². The fraction of sp³-hybridized carbons (Fsp3) is 0.188. The predicted octanol–water partition coefficient (Wildman–Crippen LogP) is 4.62. The molecular weight excluding hydrogens is 373 g/mol. The number of nitrogens with zero attached hydrogens (tertiary/aromatic N) is 4. The normalized spacial score (nSPS) is 11.7. The molecule has 0 saturated heterocycles. The molecule has 0 bridgehead atoms. The van der Waals surface area contributed by atoms with Crippen molar-refractivity contribution in [1.82, 2.24) is 19.7 Å². The molecule has 0 amide bonds. The first-order chi connectivity index (χ1) is 11.8. The molecule has 0 fully saturated rings. The van der Waals surface area contributed by atoms with Gasteiger partial charge in [0.1, 0.15) is 10.9 Å². The van der Waals surface area contributed by atoms with Gasteiger partial charge >= 0.3 is 6.18 Å². The Morgan fingerprint density at radius 1 is 1.16 bits per heavy atom. The first-order valence-electron chi connectivity index (χ1n) is 7.17. The van der Waals surface area contributed by atoms with E-state index >= 15 is 0 Å². The van der Waals surface area contributed by atoms with Gasteiger partial charge in [0, 0.05) is 19.7 Å². The van der Waals surface area contributed by atoms with E-state index in [1.54, 1.807) is 11.6 Å². The molecule has 0 saturated carbocycles. The zero-order chi connectivity index (χ0) is 18.0. The maximum Gasteiger partial charge on any atom is 0.417 e. The summed E-state index contributed by atoms with van der Waals surface area (Å²) in [6.07, 6.45) is -3.12. The molecule has 9 heteroatoms. The fourth-order valence-electron chi connectivity index (χ4n) is 2.11. The van der Waals surface area contributed by atoms with Crippen LogP contribution in [0, 0.1) is 0 Å². The van der Waals surface area contributed by atoms with Gasteiger partial charge in [-0.15, -0.1) is 10.2 Å². The van der Waals surface area contributed by atoms with Crippen molar-refractivity contribution in [3.05, 3.63) is 64.6 Å². The van der Waals surface area contributed by atoms with Gasteiger partial charge in [0.2, 0.25) is 0 Å². The van der Waals surface area contributed by atoms with Gasteiger partial charge in [-0.05, 0) is 23.4 Å². The van der Waals surface area contributed by atoms with Gasteiger partial charge in [-0.25, -0.2) is 4.98 Å². The molecule has 0 spiro atoms. The monoisotopic (exact) mass is 384 g/mol. The average molecular weight is 385 g/mol. The highest BCUT2D eigenvalue weighted by atomic mass is 35.5. The molecule has 2 heterocycles.